The first-order valence-electron chi connectivity index (χ1n) is 10.1. The third-order valence-electron chi connectivity index (χ3n) is 4.73. The van der Waals surface area contributed by atoms with E-state index in [2.05, 4.69) is 10.5 Å². The highest BCUT2D eigenvalue weighted by molar-refractivity contribution is 7.89. The highest BCUT2D eigenvalue weighted by Crippen LogP contribution is 2.28. The molecule has 0 aliphatic heterocycles. The van der Waals surface area contributed by atoms with E-state index in [1.165, 1.54) is 19.4 Å². The molecule has 3 aromatic carbocycles. The van der Waals surface area contributed by atoms with Gasteiger partial charge in [0.25, 0.3) is 5.91 Å². The molecule has 0 saturated carbocycles. The maximum absolute atomic E-state index is 13.5. The molecule has 1 amide bonds. The van der Waals surface area contributed by atoms with Crippen LogP contribution in [0.3, 0.4) is 0 Å². The molecule has 172 valence electrons. The average molecular weight is 486 g/mol. The summed E-state index contributed by atoms with van der Waals surface area (Å²) in [6.45, 7) is 1.37. The largest absolute Gasteiger partial charge is 0.495 e. The van der Waals surface area contributed by atoms with E-state index >= 15 is 0 Å². The van der Waals surface area contributed by atoms with Crippen LogP contribution >= 0.6 is 11.6 Å². The summed E-state index contributed by atoms with van der Waals surface area (Å²) < 4.78 is 33.5. The van der Waals surface area contributed by atoms with Crippen LogP contribution in [-0.4, -0.2) is 38.5 Å². The van der Waals surface area contributed by atoms with Crippen LogP contribution in [0.2, 0.25) is 5.02 Å². The summed E-state index contributed by atoms with van der Waals surface area (Å²) in [6, 6.07) is 20.8. The van der Waals surface area contributed by atoms with E-state index < -0.39 is 22.5 Å². The van der Waals surface area contributed by atoms with Crippen molar-refractivity contribution in [3.63, 3.8) is 0 Å². The lowest BCUT2D eigenvalue weighted by molar-refractivity contribution is -0.121. The molecule has 0 aromatic heterocycles. The molecule has 3 rings (SSSR count). The van der Waals surface area contributed by atoms with Crippen LogP contribution < -0.4 is 10.2 Å². The molecule has 0 heterocycles. The van der Waals surface area contributed by atoms with Crippen molar-refractivity contribution < 1.29 is 17.9 Å². The minimum absolute atomic E-state index is 0.00148. The number of nitrogens with zero attached hydrogens (tertiary/aromatic N) is 2. The Morgan fingerprint density at radius 2 is 1.79 bits per heavy atom. The number of methoxy groups -OCH3 is 1. The van der Waals surface area contributed by atoms with E-state index in [-0.39, 0.29) is 17.2 Å². The van der Waals surface area contributed by atoms with Crippen molar-refractivity contribution in [1.29, 1.82) is 0 Å². The minimum Gasteiger partial charge on any atom is -0.495 e. The molecule has 0 saturated heterocycles. The Labute approximate surface area is 198 Å². The summed E-state index contributed by atoms with van der Waals surface area (Å²) in [5, 5.41) is 4.51. The predicted octanol–water partition coefficient (Wildman–Crippen LogP) is 4.00. The van der Waals surface area contributed by atoms with Gasteiger partial charge in [0.2, 0.25) is 10.0 Å². The first kappa shape index (κ1) is 24.4. The number of ether oxygens (including phenoxy) is 1. The van der Waals surface area contributed by atoms with Crippen LogP contribution in [0.15, 0.2) is 82.8 Å². The van der Waals surface area contributed by atoms with E-state index in [9.17, 15) is 13.2 Å². The summed E-state index contributed by atoms with van der Waals surface area (Å²) in [5.74, 6) is -0.369. The lowest BCUT2D eigenvalue weighted by Crippen LogP contribution is -2.39. The number of hydrogen-bond donors (Lipinski definition) is 1. The van der Waals surface area contributed by atoms with Crippen molar-refractivity contribution in [1.82, 2.24) is 9.73 Å². The summed E-state index contributed by atoms with van der Waals surface area (Å²) in [6.07, 6.45) is 1.45. The second kappa shape index (κ2) is 11.1. The molecule has 3 aromatic rings. The Balaban J connectivity index is 1.84. The fourth-order valence-electron chi connectivity index (χ4n) is 3.06. The lowest BCUT2D eigenvalue weighted by Gasteiger charge is -2.23. The van der Waals surface area contributed by atoms with Gasteiger partial charge in [-0.25, -0.2) is 13.8 Å². The van der Waals surface area contributed by atoms with E-state index in [0.717, 1.165) is 21.0 Å². The SMILES string of the molecule is COc1ccc(C)cc1S(=O)(=O)N(CC(=O)N/N=C/c1ccc(Cl)cc1)Cc1ccccc1. The van der Waals surface area contributed by atoms with Gasteiger partial charge < -0.3 is 4.74 Å². The number of halogens is 1. The van der Waals surface area contributed by atoms with Gasteiger partial charge in [0.1, 0.15) is 10.6 Å². The first-order chi connectivity index (χ1) is 15.8. The fraction of sp³-hybridized carbons (Fsp3) is 0.167. The zero-order valence-corrected chi connectivity index (χ0v) is 19.8. The number of sulfonamides is 1. The van der Waals surface area contributed by atoms with E-state index in [1.54, 1.807) is 55.5 Å². The van der Waals surface area contributed by atoms with E-state index in [0.29, 0.717) is 5.02 Å². The van der Waals surface area contributed by atoms with Gasteiger partial charge in [0.05, 0.1) is 19.9 Å². The molecule has 0 unspecified atom stereocenters. The first-order valence-corrected chi connectivity index (χ1v) is 11.9. The number of aryl methyl sites for hydroxylation is 1. The molecule has 0 spiro atoms. The molecule has 0 aliphatic carbocycles. The van der Waals surface area contributed by atoms with Gasteiger partial charge in [-0.15, -0.1) is 0 Å². The minimum atomic E-state index is -4.06. The Kier molecular flexibility index (Phi) is 8.21. The third kappa shape index (κ3) is 6.64. The highest BCUT2D eigenvalue weighted by Gasteiger charge is 2.30. The van der Waals surface area contributed by atoms with Crippen molar-refractivity contribution in [3.8, 4) is 5.75 Å². The number of hydrogen-bond acceptors (Lipinski definition) is 5. The maximum Gasteiger partial charge on any atom is 0.255 e. The van der Waals surface area contributed by atoms with Crippen molar-refractivity contribution in [2.45, 2.75) is 18.4 Å². The van der Waals surface area contributed by atoms with Crippen LogP contribution in [0.4, 0.5) is 0 Å². The molecule has 0 bridgehead atoms. The quantitative estimate of drug-likeness (QED) is 0.366. The summed E-state index contributed by atoms with van der Waals surface area (Å²) in [4.78, 5) is 12.6. The number of carbonyl (C=O) groups excluding carboxylic acids is 1. The number of benzene rings is 3. The predicted molar refractivity (Wildman–Crippen MR) is 129 cm³/mol. The zero-order valence-electron chi connectivity index (χ0n) is 18.2. The van der Waals surface area contributed by atoms with Gasteiger partial charge in [-0.1, -0.05) is 60.1 Å². The molecule has 33 heavy (non-hydrogen) atoms. The van der Waals surface area contributed by atoms with Gasteiger partial charge in [-0.2, -0.15) is 9.41 Å². The number of carbonyl (C=O) groups is 1. The topological polar surface area (TPSA) is 88.1 Å². The fourth-order valence-corrected chi connectivity index (χ4v) is 4.81. The van der Waals surface area contributed by atoms with Crippen molar-refractivity contribution in [2.24, 2.45) is 5.10 Å². The molecule has 7 nitrogen and oxygen atoms in total. The monoisotopic (exact) mass is 485 g/mol. The molecule has 9 heteroatoms. The molecule has 0 radical (unpaired) electrons. The number of nitrogens with one attached hydrogen (secondary N) is 1. The van der Waals surface area contributed by atoms with Crippen molar-refractivity contribution >= 4 is 33.7 Å². The lowest BCUT2D eigenvalue weighted by atomic mass is 10.2. The zero-order chi connectivity index (χ0) is 23.8. The molecule has 1 N–H and O–H groups in total. The van der Waals surface area contributed by atoms with Gasteiger partial charge in [-0.05, 0) is 47.9 Å². The highest BCUT2D eigenvalue weighted by atomic mass is 35.5. The molecule has 0 atom stereocenters. The van der Waals surface area contributed by atoms with Crippen molar-refractivity contribution in [2.75, 3.05) is 13.7 Å². The summed E-state index contributed by atoms with van der Waals surface area (Å²) >= 11 is 5.86. The van der Waals surface area contributed by atoms with Gasteiger partial charge >= 0.3 is 0 Å². The number of hydrazone groups is 1. The van der Waals surface area contributed by atoms with Gasteiger partial charge in [0, 0.05) is 11.6 Å². The smallest absolute Gasteiger partial charge is 0.255 e. The Hall–Kier alpha value is -3.20. The van der Waals surface area contributed by atoms with Crippen LogP contribution in [-0.2, 0) is 21.4 Å². The number of amides is 1. The van der Waals surface area contributed by atoms with Gasteiger partial charge in [0.15, 0.2) is 0 Å². The maximum atomic E-state index is 13.5. The number of rotatable bonds is 9. The van der Waals surface area contributed by atoms with E-state index in [4.69, 9.17) is 16.3 Å². The van der Waals surface area contributed by atoms with Crippen LogP contribution in [0, 0.1) is 6.92 Å². The molecule has 0 aliphatic rings. The molecule has 0 fully saturated rings. The summed E-state index contributed by atoms with van der Waals surface area (Å²) in [5.41, 5.74) is 4.62. The Morgan fingerprint density at radius 3 is 2.45 bits per heavy atom. The molecular weight excluding hydrogens is 462 g/mol. The standard InChI is InChI=1S/C24H24ClN3O4S/c1-18-8-13-22(32-2)23(14-18)33(30,31)28(16-20-6-4-3-5-7-20)17-24(29)27-26-15-19-9-11-21(25)12-10-19/h3-15H,16-17H2,1-2H3,(H,27,29)/b26-15+. The van der Waals surface area contributed by atoms with Crippen LogP contribution in [0.5, 0.6) is 5.75 Å². The van der Waals surface area contributed by atoms with Gasteiger partial charge in [-0.3, -0.25) is 4.79 Å². The second-order valence-electron chi connectivity index (χ2n) is 7.26. The molecular formula is C24H24ClN3O4S. The average Bonchev–Trinajstić information content (AvgIpc) is 2.80. The second-order valence-corrected chi connectivity index (χ2v) is 9.60. The van der Waals surface area contributed by atoms with E-state index in [1.807, 2.05) is 18.2 Å². The Morgan fingerprint density at radius 1 is 1.09 bits per heavy atom. The van der Waals surface area contributed by atoms with Crippen LogP contribution in [0.25, 0.3) is 0 Å². The third-order valence-corrected chi connectivity index (χ3v) is 6.80. The summed E-state index contributed by atoms with van der Waals surface area (Å²) in [7, 11) is -2.65. The van der Waals surface area contributed by atoms with Crippen molar-refractivity contribution in [3.05, 3.63) is 94.5 Å². The van der Waals surface area contributed by atoms with Crippen LogP contribution in [0.1, 0.15) is 16.7 Å². The Bertz CT molecular complexity index is 1230. The normalized spacial score (nSPS) is 11.6.